The largest absolute Gasteiger partial charge is 0.477 e. The average Bonchev–Trinajstić information content (AvgIpc) is 2.36. The summed E-state index contributed by atoms with van der Waals surface area (Å²) in [5.74, 6) is -0.681. The minimum atomic E-state index is -1.11. The highest BCUT2D eigenvalue weighted by molar-refractivity contribution is 5.94. The van der Waals surface area contributed by atoms with Crippen LogP contribution < -0.4 is 5.73 Å². The van der Waals surface area contributed by atoms with Crippen LogP contribution in [0.1, 0.15) is 42.4 Å². The maximum absolute atomic E-state index is 11.1. The van der Waals surface area contributed by atoms with Crippen LogP contribution in [0.4, 0.5) is 5.82 Å². The number of aromatic carboxylic acids is 1. The summed E-state index contributed by atoms with van der Waals surface area (Å²) < 4.78 is 0. The standard InChI is InChI=1S/C16H19N3O2/c1-9-12(15(20)21)13(17)19-14(18-9)10-5-7-11(8-6-10)16(2,3)4/h5-8H,1-4H3,(H,20,21)(H2,17,18,19). The summed E-state index contributed by atoms with van der Waals surface area (Å²) in [6.07, 6.45) is 0. The molecular formula is C16H19N3O2. The second-order valence-corrected chi connectivity index (χ2v) is 6.03. The molecular weight excluding hydrogens is 266 g/mol. The van der Waals surface area contributed by atoms with Crippen LogP contribution in [-0.4, -0.2) is 21.0 Å². The second kappa shape index (κ2) is 5.16. The summed E-state index contributed by atoms with van der Waals surface area (Å²) in [5, 5.41) is 9.07. The number of hydrogen-bond donors (Lipinski definition) is 2. The molecule has 0 amide bonds. The highest BCUT2D eigenvalue weighted by Gasteiger charge is 2.17. The Balaban J connectivity index is 2.46. The first-order valence-electron chi connectivity index (χ1n) is 6.68. The van der Waals surface area contributed by atoms with Crippen molar-refractivity contribution in [2.24, 2.45) is 0 Å². The van der Waals surface area contributed by atoms with Gasteiger partial charge in [0, 0.05) is 5.56 Å². The van der Waals surface area contributed by atoms with Crippen molar-refractivity contribution in [3.05, 3.63) is 41.1 Å². The number of carbonyl (C=O) groups is 1. The first-order valence-corrected chi connectivity index (χ1v) is 6.68. The molecule has 1 heterocycles. The van der Waals surface area contributed by atoms with Crippen LogP contribution in [0.25, 0.3) is 11.4 Å². The van der Waals surface area contributed by atoms with Gasteiger partial charge in [-0.2, -0.15) is 0 Å². The number of anilines is 1. The molecule has 0 aliphatic heterocycles. The van der Waals surface area contributed by atoms with Crippen LogP contribution in [0.3, 0.4) is 0 Å². The monoisotopic (exact) mass is 285 g/mol. The van der Waals surface area contributed by atoms with E-state index < -0.39 is 5.97 Å². The first-order chi connectivity index (χ1) is 9.70. The predicted molar refractivity (Wildman–Crippen MR) is 82.3 cm³/mol. The normalized spacial score (nSPS) is 11.4. The van der Waals surface area contributed by atoms with Crippen molar-refractivity contribution in [3.8, 4) is 11.4 Å². The van der Waals surface area contributed by atoms with Crippen molar-refractivity contribution in [1.29, 1.82) is 0 Å². The lowest BCUT2D eigenvalue weighted by molar-refractivity contribution is 0.0696. The van der Waals surface area contributed by atoms with Crippen molar-refractivity contribution in [2.45, 2.75) is 33.1 Å². The fraction of sp³-hybridized carbons (Fsp3) is 0.312. The molecule has 0 radical (unpaired) electrons. The summed E-state index contributed by atoms with van der Waals surface area (Å²) in [5.41, 5.74) is 8.15. The number of carboxylic acids is 1. The van der Waals surface area contributed by atoms with Crippen LogP contribution in [0, 0.1) is 6.92 Å². The molecule has 1 aromatic heterocycles. The van der Waals surface area contributed by atoms with Gasteiger partial charge in [-0.15, -0.1) is 0 Å². The third kappa shape index (κ3) is 3.02. The van der Waals surface area contributed by atoms with Gasteiger partial charge in [-0.1, -0.05) is 45.0 Å². The third-order valence-corrected chi connectivity index (χ3v) is 3.34. The summed E-state index contributed by atoms with van der Waals surface area (Å²) in [6.45, 7) is 8.04. The van der Waals surface area contributed by atoms with Gasteiger partial charge >= 0.3 is 5.97 Å². The van der Waals surface area contributed by atoms with Crippen LogP contribution >= 0.6 is 0 Å². The zero-order chi connectivity index (χ0) is 15.8. The molecule has 0 saturated heterocycles. The molecule has 2 rings (SSSR count). The van der Waals surface area contributed by atoms with Gasteiger partial charge in [-0.25, -0.2) is 14.8 Å². The minimum Gasteiger partial charge on any atom is -0.477 e. The number of carboxylic acid groups (broad SMARTS) is 1. The molecule has 5 heteroatoms. The molecule has 0 spiro atoms. The van der Waals surface area contributed by atoms with Gasteiger partial charge in [-0.3, -0.25) is 0 Å². The Morgan fingerprint density at radius 3 is 2.14 bits per heavy atom. The molecule has 0 bridgehead atoms. The molecule has 3 N–H and O–H groups in total. The first kappa shape index (κ1) is 15.0. The average molecular weight is 285 g/mol. The van der Waals surface area contributed by atoms with E-state index in [9.17, 15) is 4.79 Å². The molecule has 0 aliphatic rings. The smallest absolute Gasteiger partial charge is 0.341 e. The van der Waals surface area contributed by atoms with Crippen molar-refractivity contribution in [1.82, 2.24) is 9.97 Å². The molecule has 5 nitrogen and oxygen atoms in total. The van der Waals surface area contributed by atoms with Gasteiger partial charge in [0.2, 0.25) is 0 Å². The second-order valence-electron chi connectivity index (χ2n) is 6.03. The highest BCUT2D eigenvalue weighted by Crippen LogP contribution is 2.26. The van der Waals surface area contributed by atoms with Crippen molar-refractivity contribution < 1.29 is 9.90 Å². The van der Waals surface area contributed by atoms with E-state index in [1.54, 1.807) is 6.92 Å². The van der Waals surface area contributed by atoms with Crippen molar-refractivity contribution >= 4 is 11.8 Å². The Bertz CT molecular complexity index is 663. The molecule has 2 aromatic rings. The molecule has 0 unspecified atom stereocenters. The minimum absolute atomic E-state index is 0.00935. The topological polar surface area (TPSA) is 89.1 Å². The van der Waals surface area contributed by atoms with Crippen LogP contribution in [0.15, 0.2) is 24.3 Å². The number of aromatic nitrogens is 2. The van der Waals surface area contributed by atoms with Crippen LogP contribution in [0.2, 0.25) is 0 Å². The third-order valence-electron chi connectivity index (χ3n) is 3.34. The van der Waals surface area contributed by atoms with E-state index >= 15 is 0 Å². The maximum Gasteiger partial charge on any atom is 0.341 e. The summed E-state index contributed by atoms with van der Waals surface area (Å²) in [4.78, 5) is 19.4. The van der Waals surface area contributed by atoms with E-state index in [2.05, 4.69) is 30.7 Å². The Morgan fingerprint density at radius 2 is 1.71 bits per heavy atom. The number of nitrogens with zero attached hydrogens (tertiary/aromatic N) is 2. The fourth-order valence-electron chi connectivity index (χ4n) is 2.11. The molecule has 1 aromatic carbocycles. The zero-order valence-corrected chi connectivity index (χ0v) is 12.6. The molecule has 0 atom stereocenters. The van der Waals surface area contributed by atoms with E-state index in [4.69, 9.17) is 10.8 Å². The van der Waals surface area contributed by atoms with Crippen molar-refractivity contribution in [3.63, 3.8) is 0 Å². The molecule has 21 heavy (non-hydrogen) atoms. The summed E-state index contributed by atoms with van der Waals surface area (Å²) in [7, 11) is 0. The van der Waals surface area contributed by atoms with Crippen molar-refractivity contribution in [2.75, 3.05) is 5.73 Å². The Hall–Kier alpha value is -2.43. The molecule has 0 saturated carbocycles. The van der Waals surface area contributed by atoms with Gasteiger partial charge in [0.15, 0.2) is 5.82 Å². The SMILES string of the molecule is Cc1nc(-c2ccc(C(C)(C)C)cc2)nc(N)c1C(=O)O. The van der Waals surface area contributed by atoms with Gasteiger partial charge < -0.3 is 10.8 Å². The number of nitrogen functional groups attached to an aromatic ring is 1. The molecule has 0 aliphatic carbocycles. The van der Waals surface area contributed by atoms with E-state index in [0.717, 1.165) is 5.56 Å². The number of benzene rings is 1. The lowest BCUT2D eigenvalue weighted by Gasteiger charge is -2.19. The lowest BCUT2D eigenvalue weighted by Crippen LogP contribution is -2.11. The number of hydrogen-bond acceptors (Lipinski definition) is 4. The Labute approximate surface area is 123 Å². The number of aryl methyl sites for hydroxylation is 1. The number of rotatable bonds is 2. The number of nitrogens with two attached hydrogens (primary N) is 1. The van der Waals surface area contributed by atoms with Crippen LogP contribution in [0.5, 0.6) is 0 Å². The fourth-order valence-corrected chi connectivity index (χ4v) is 2.11. The van der Waals surface area contributed by atoms with E-state index in [1.807, 2.05) is 24.3 Å². The Kier molecular flexibility index (Phi) is 3.68. The van der Waals surface area contributed by atoms with Gasteiger partial charge in [0.05, 0.1) is 5.69 Å². The van der Waals surface area contributed by atoms with Gasteiger partial charge in [0.25, 0.3) is 0 Å². The van der Waals surface area contributed by atoms with E-state index in [0.29, 0.717) is 11.5 Å². The Morgan fingerprint density at radius 1 is 1.14 bits per heavy atom. The maximum atomic E-state index is 11.1. The summed E-state index contributed by atoms with van der Waals surface area (Å²) in [6, 6.07) is 7.90. The quantitative estimate of drug-likeness (QED) is 0.885. The van der Waals surface area contributed by atoms with Gasteiger partial charge in [0.1, 0.15) is 11.4 Å². The summed E-state index contributed by atoms with van der Waals surface area (Å²) >= 11 is 0. The molecule has 110 valence electrons. The molecule has 0 fully saturated rings. The lowest BCUT2D eigenvalue weighted by atomic mass is 9.86. The highest BCUT2D eigenvalue weighted by atomic mass is 16.4. The van der Waals surface area contributed by atoms with E-state index in [-0.39, 0.29) is 16.8 Å². The predicted octanol–water partition coefficient (Wildman–Crippen LogP) is 3.03. The van der Waals surface area contributed by atoms with Gasteiger partial charge in [-0.05, 0) is 17.9 Å². The zero-order valence-electron chi connectivity index (χ0n) is 12.6. The van der Waals surface area contributed by atoms with Crippen LogP contribution in [-0.2, 0) is 5.41 Å². The van der Waals surface area contributed by atoms with E-state index in [1.165, 1.54) is 5.56 Å².